The maximum atomic E-state index is 12.2. The number of rotatable bonds is 6. The highest BCUT2D eigenvalue weighted by Crippen LogP contribution is 2.24. The average molecular weight is 365 g/mol. The van der Waals surface area contributed by atoms with Gasteiger partial charge in [0, 0.05) is 5.56 Å². The highest BCUT2D eigenvalue weighted by molar-refractivity contribution is 5.99. The lowest BCUT2D eigenvalue weighted by Gasteiger charge is -2.11. The summed E-state index contributed by atoms with van der Waals surface area (Å²) in [6, 6.07) is 12.3. The van der Waals surface area contributed by atoms with E-state index in [1.165, 1.54) is 13.4 Å². The highest BCUT2D eigenvalue weighted by atomic mass is 16.5. The Labute approximate surface area is 156 Å². The molecule has 3 rings (SSSR count). The van der Waals surface area contributed by atoms with Crippen LogP contribution in [0.25, 0.3) is 5.69 Å². The Morgan fingerprint density at radius 3 is 2.59 bits per heavy atom. The Kier molecular flexibility index (Phi) is 5.46. The van der Waals surface area contributed by atoms with Crippen LogP contribution in [0, 0.1) is 6.92 Å². The maximum absolute atomic E-state index is 12.2. The molecule has 8 heteroatoms. The zero-order valence-corrected chi connectivity index (χ0v) is 15.0. The van der Waals surface area contributed by atoms with Gasteiger partial charge in [0.05, 0.1) is 25.0 Å². The smallest absolute Gasteiger partial charge is 0.251 e. The molecular formula is C19H19N5O3. The first-order valence-corrected chi connectivity index (χ1v) is 8.24. The monoisotopic (exact) mass is 365 g/mol. The van der Waals surface area contributed by atoms with Crippen LogP contribution in [0.5, 0.6) is 5.75 Å². The van der Waals surface area contributed by atoms with Crippen LogP contribution in [0.3, 0.4) is 0 Å². The van der Waals surface area contributed by atoms with Crippen LogP contribution in [0.15, 0.2) is 55.1 Å². The van der Waals surface area contributed by atoms with Gasteiger partial charge in [-0.05, 0) is 48.9 Å². The van der Waals surface area contributed by atoms with E-state index >= 15 is 0 Å². The van der Waals surface area contributed by atoms with Gasteiger partial charge in [-0.1, -0.05) is 6.07 Å². The van der Waals surface area contributed by atoms with Crippen LogP contribution >= 0.6 is 0 Å². The summed E-state index contributed by atoms with van der Waals surface area (Å²) in [5.74, 6) is -0.123. The number of anilines is 1. The zero-order valence-electron chi connectivity index (χ0n) is 15.0. The maximum Gasteiger partial charge on any atom is 0.251 e. The number of amides is 2. The number of carbonyl (C=O) groups excluding carboxylic acids is 2. The first-order chi connectivity index (χ1) is 13.1. The average Bonchev–Trinajstić information content (AvgIpc) is 3.21. The summed E-state index contributed by atoms with van der Waals surface area (Å²) < 4.78 is 6.81. The third-order valence-electron chi connectivity index (χ3n) is 3.85. The third-order valence-corrected chi connectivity index (χ3v) is 3.85. The normalized spacial score (nSPS) is 10.3. The molecule has 138 valence electrons. The minimum Gasteiger partial charge on any atom is -0.495 e. The first-order valence-electron chi connectivity index (χ1n) is 8.24. The number of hydrogen-bond donors (Lipinski definition) is 2. The number of hydrogen-bond acceptors (Lipinski definition) is 5. The standard InChI is InChI=1S/C19H19N5O3/c1-13-3-8-17(27-2)16(9-13)23-18(25)10-21-19(26)14-4-6-15(7-5-14)24-12-20-11-22-24/h3-9,11-12H,10H2,1-2H3,(H,21,26)(H,23,25). The Morgan fingerprint density at radius 2 is 1.93 bits per heavy atom. The Bertz CT molecular complexity index is 936. The van der Waals surface area contributed by atoms with Crippen molar-refractivity contribution in [3.05, 3.63) is 66.2 Å². The second-order valence-corrected chi connectivity index (χ2v) is 5.82. The van der Waals surface area contributed by atoms with E-state index in [0.29, 0.717) is 17.0 Å². The van der Waals surface area contributed by atoms with E-state index in [2.05, 4.69) is 20.7 Å². The molecule has 27 heavy (non-hydrogen) atoms. The molecule has 1 aromatic heterocycles. The minimum absolute atomic E-state index is 0.152. The largest absolute Gasteiger partial charge is 0.495 e. The molecule has 0 aliphatic rings. The fourth-order valence-corrected chi connectivity index (χ4v) is 2.48. The number of methoxy groups -OCH3 is 1. The Morgan fingerprint density at radius 1 is 1.15 bits per heavy atom. The fraction of sp³-hybridized carbons (Fsp3) is 0.158. The summed E-state index contributed by atoms with van der Waals surface area (Å²) in [7, 11) is 1.53. The van der Waals surface area contributed by atoms with E-state index in [-0.39, 0.29) is 18.4 Å². The number of aryl methyl sites for hydroxylation is 1. The molecule has 0 bridgehead atoms. The van der Waals surface area contributed by atoms with Gasteiger partial charge >= 0.3 is 0 Å². The predicted octanol–water partition coefficient (Wildman–Crippen LogP) is 1.95. The lowest BCUT2D eigenvalue weighted by Crippen LogP contribution is -2.32. The van der Waals surface area contributed by atoms with Crippen molar-refractivity contribution in [1.82, 2.24) is 20.1 Å². The van der Waals surface area contributed by atoms with Crippen LogP contribution in [0.4, 0.5) is 5.69 Å². The Balaban J connectivity index is 1.57. The molecular weight excluding hydrogens is 346 g/mol. The van der Waals surface area contributed by atoms with E-state index < -0.39 is 0 Å². The number of aromatic nitrogens is 3. The van der Waals surface area contributed by atoms with Gasteiger partial charge in [-0.2, -0.15) is 5.10 Å². The van der Waals surface area contributed by atoms with E-state index in [4.69, 9.17) is 4.74 Å². The van der Waals surface area contributed by atoms with Crippen LogP contribution in [0.2, 0.25) is 0 Å². The molecule has 0 fully saturated rings. The molecule has 0 saturated heterocycles. The van der Waals surface area contributed by atoms with E-state index in [1.807, 2.05) is 13.0 Å². The molecule has 0 saturated carbocycles. The highest BCUT2D eigenvalue weighted by Gasteiger charge is 2.11. The minimum atomic E-state index is -0.341. The van der Waals surface area contributed by atoms with Gasteiger partial charge in [0.1, 0.15) is 18.4 Å². The van der Waals surface area contributed by atoms with Gasteiger partial charge in [-0.25, -0.2) is 9.67 Å². The molecule has 0 spiro atoms. The van der Waals surface area contributed by atoms with E-state index in [9.17, 15) is 9.59 Å². The summed E-state index contributed by atoms with van der Waals surface area (Å²) in [5.41, 5.74) is 2.78. The molecule has 2 amide bonds. The summed E-state index contributed by atoms with van der Waals surface area (Å²) in [6.07, 6.45) is 3.00. The van der Waals surface area contributed by atoms with Crippen molar-refractivity contribution < 1.29 is 14.3 Å². The van der Waals surface area contributed by atoms with Crippen LogP contribution in [-0.2, 0) is 4.79 Å². The Hall–Kier alpha value is -3.68. The van der Waals surface area contributed by atoms with Gasteiger partial charge in [-0.15, -0.1) is 0 Å². The van der Waals surface area contributed by atoms with Gasteiger partial charge in [-0.3, -0.25) is 9.59 Å². The summed E-state index contributed by atoms with van der Waals surface area (Å²) in [5, 5.41) is 9.36. The lowest BCUT2D eigenvalue weighted by atomic mass is 10.2. The third kappa shape index (κ3) is 4.49. The van der Waals surface area contributed by atoms with E-state index in [1.54, 1.807) is 47.4 Å². The molecule has 0 aliphatic heterocycles. The molecule has 2 N–H and O–H groups in total. The van der Waals surface area contributed by atoms with Crippen molar-refractivity contribution in [2.75, 3.05) is 19.0 Å². The van der Waals surface area contributed by atoms with Gasteiger partial charge in [0.2, 0.25) is 5.91 Å². The quantitative estimate of drug-likeness (QED) is 0.696. The summed E-state index contributed by atoms with van der Waals surface area (Å²) in [4.78, 5) is 28.2. The molecule has 0 radical (unpaired) electrons. The number of ether oxygens (including phenoxy) is 1. The molecule has 0 atom stereocenters. The lowest BCUT2D eigenvalue weighted by molar-refractivity contribution is -0.115. The second-order valence-electron chi connectivity index (χ2n) is 5.82. The second kappa shape index (κ2) is 8.13. The predicted molar refractivity (Wildman–Crippen MR) is 100 cm³/mol. The number of nitrogens with one attached hydrogen (secondary N) is 2. The van der Waals surface area contributed by atoms with Crippen molar-refractivity contribution in [3.8, 4) is 11.4 Å². The first kappa shape index (κ1) is 18.1. The van der Waals surface area contributed by atoms with Crippen LogP contribution < -0.4 is 15.4 Å². The van der Waals surface area contributed by atoms with Crippen molar-refractivity contribution >= 4 is 17.5 Å². The number of benzene rings is 2. The van der Waals surface area contributed by atoms with E-state index in [0.717, 1.165) is 11.3 Å². The molecule has 0 aliphatic carbocycles. The fourth-order valence-electron chi connectivity index (χ4n) is 2.48. The molecule has 2 aromatic carbocycles. The van der Waals surface area contributed by atoms with Crippen molar-refractivity contribution in [2.24, 2.45) is 0 Å². The van der Waals surface area contributed by atoms with Crippen molar-refractivity contribution in [2.45, 2.75) is 6.92 Å². The van der Waals surface area contributed by atoms with Crippen molar-refractivity contribution in [3.63, 3.8) is 0 Å². The molecule has 1 heterocycles. The number of nitrogens with zero attached hydrogens (tertiary/aromatic N) is 3. The SMILES string of the molecule is COc1ccc(C)cc1NC(=O)CNC(=O)c1ccc(-n2cncn2)cc1. The van der Waals surface area contributed by atoms with Gasteiger partial charge in [0.25, 0.3) is 5.91 Å². The van der Waals surface area contributed by atoms with Crippen LogP contribution in [0.1, 0.15) is 15.9 Å². The van der Waals surface area contributed by atoms with Gasteiger partial charge in [0.15, 0.2) is 0 Å². The molecule has 3 aromatic rings. The summed E-state index contributed by atoms with van der Waals surface area (Å²) >= 11 is 0. The molecule has 8 nitrogen and oxygen atoms in total. The van der Waals surface area contributed by atoms with Crippen molar-refractivity contribution in [1.29, 1.82) is 0 Å². The van der Waals surface area contributed by atoms with Gasteiger partial charge < -0.3 is 15.4 Å². The zero-order chi connectivity index (χ0) is 19.2. The molecule has 0 unspecified atom stereocenters. The van der Waals surface area contributed by atoms with Crippen LogP contribution in [-0.4, -0.2) is 40.2 Å². The number of carbonyl (C=O) groups is 2. The topological polar surface area (TPSA) is 98.1 Å². The summed E-state index contributed by atoms with van der Waals surface area (Å²) in [6.45, 7) is 1.76.